The molecule has 0 amide bonds. The lowest BCUT2D eigenvalue weighted by atomic mass is 10.1. The van der Waals surface area contributed by atoms with E-state index < -0.39 is 5.82 Å². The number of anilines is 1. The largest absolute Gasteiger partial charge is 0.508 e. The van der Waals surface area contributed by atoms with Crippen molar-refractivity contribution in [2.45, 2.75) is 19.9 Å². The molecular weight excluding hydrogens is 231 g/mol. The Kier molecular flexibility index (Phi) is 3.46. The summed E-state index contributed by atoms with van der Waals surface area (Å²) in [4.78, 5) is 4.03. The van der Waals surface area contributed by atoms with Gasteiger partial charge in [0.15, 0.2) is 0 Å². The maximum Gasteiger partial charge on any atom is 0.132 e. The van der Waals surface area contributed by atoms with Gasteiger partial charge in [0.25, 0.3) is 0 Å². The minimum atomic E-state index is -0.420. The van der Waals surface area contributed by atoms with Crippen LogP contribution in [0.1, 0.15) is 24.1 Å². The van der Waals surface area contributed by atoms with E-state index in [0.29, 0.717) is 5.56 Å². The SMILES string of the molecule is Cc1ccncc1NC(C)c1ccc(O)cc1F. The van der Waals surface area contributed by atoms with Crippen LogP contribution >= 0.6 is 0 Å². The van der Waals surface area contributed by atoms with Crippen molar-refractivity contribution < 1.29 is 9.50 Å². The zero-order valence-corrected chi connectivity index (χ0v) is 10.3. The second-order valence-corrected chi connectivity index (χ2v) is 4.26. The van der Waals surface area contributed by atoms with Gasteiger partial charge in [-0.15, -0.1) is 0 Å². The van der Waals surface area contributed by atoms with Crippen LogP contribution in [0.25, 0.3) is 0 Å². The first kappa shape index (κ1) is 12.4. The number of nitrogens with one attached hydrogen (secondary N) is 1. The van der Waals surface area contributed by atoms with E-state index in [4.69, 9.17) is 0 Å². The van der Waals surface area contributed by atoms with Crippen LogP contribution in [0.3, 0.4) is 0 Å². The lowest BCUT2D eigenvalue weighted by molar-refractivity contribution is 0.467. The number of benzene rings is 1. The van der Waals surface area contributed by atoms with Gasteiger partial charge in [-0.3, -0.25) is 4.98 Å². The number of pyridine rings is 1. The topological polar surface area (TPSA) is 45.2 Å². The Hall–Kier alpha value is -2.10. The molecule has 0 fully saturated rings. The molecular formula is C14H15FN2O. The lowest BCUT2D eigenvalue weighted by Crippen LogP contribution is -2.09. The molecule has 0 bridgehead atoms. The van der Waals surface area contributed by atoms with E-state index >= 15 is 0 Å². The van der Waals surface area contributed by atoms with Crippen molar-refractivity contribution in [1.29, 1.82) is 0 Å². The molecule has 1 heterocycles. The Morgan fingerprint density at radius 3 is 2.78 bits per heavy atom. The molecule has 94 valence electrons. The average Bonchev–Trinajstić information content (AvgIpc) is 2.32. The van der Waals surface area contributed by atoms with Crippen molar-refractivity contribution >= 4 is 5.69 Å². The third kappa shape index (κ3) is 2.59. The molecule has 0 spiro atoms. The van der Waals surface area contributed by atoms with Crippen molar-refractivity contribution in [3.05, 3.63) is 53.6 Å². The molecule has 1 atom stereocenters. The Bertz CT molecular complexity index is 557. The van der Waals surface area contributed by atoms with Gasteiger partial charge in [-0.2, -0.15) is 0 Å². The van der Waals surface area contributed by atoms with Crippen molar-refractivity contribution in [3.8, 4) is 5.75 Å². The molecule has 0 aliphatic rings. The molecule has 0 aliphatic heterocycles. The highest BCUT2D eigenvalue weighted by Crippen LogP contribution is 2.25. The molecule has 1 unspecified atom stereocenters. The van der Waals surface area contributed by atoms with Crippen LogP contribution in [0, 0.1) is 12.7 Å². The van der Waals surface area contributed by atoms with Crippen LogP contribution < -0.4 is 5.32 Å². The summed E-state index contributed by atoms with van der Waals surface area (Å²) in [5, 5.41) is 12.4. The number of aryl methyl sites for hydroxylation is 1. The van der Waals surface area contributed by atoms with Crippen molar-refractivity contribution in [3.63, 3.8) is 0 Å². The van der Waals surface area contributed by atoms with Crippen LogP contribution in [-0.2, 0) is 0 Å². The number of aromatic hydroxyl groups is 1. The predicted octanol–water partition coefficient (Wildman–Crippen LogP) is 3.41. The van der Waals surface area contributed by atoms with Gasteiger partial charge in [0.05, 0.1) is 17.9 Å². The van der Waals surface area contributed by atoms with Crippen LogP contribution in [-0.4, -0.2) is 10.1 Å². The number of rotatable bonds is 3. The number of phenolic OH excluding ortho intramolecular Hbond substituents is 1. The van der Waals surface area contributed by atoms with E-state index in [9.17, 15) is 9.50 Å². The summed E-state index contributed by atoms with van der Waals surface area (Å²) in [6, 6.07) is 5.86. The molecule has 2 rings (SSSR count). The Morgan fingerprint density at radius 2 is 2.11 bits per heavy atom. The molecule has 0 aliphatic carbocycles. The van der Waals surface area contributed by atoms with Gasteiger partial charge in [-0.25, -0.2) is 4.39 Å². The smallest absolute Gasteiger partial charge is 0.132 e. The first-order chi connectivity index (χ1) is 8.58. The zero-order valence-electron chi connectivity index (χ0n) is 10.3. The highest BCUT2D eigenvalue weighted by atomic mass is 19.1. The van der Waals surface area contributed by atoms with E-state index in [1.165, 1.54) is 6.07 Å². The van der Waals surface area contributed by atoms with Gasteiger partial charge < -0.3 is 10.4 Å². The molecule has 0 saturated carbocycles. The number of aromatic nitrogens is 1. The summed E-state index contributed by atoms with van der Waals surface area (Å²) >= 11 is 0. The highest BCUT2D eigenvalue weighted by Gasteiger charge is 2.12. The first-order valence-corrected chi connectivity index (χ1v) is 5.73. The fourth-order valence-corrected chi connectivity index (χ4v) is 1.79. The highest BCUT2D eigenvalue weighted by molar-refractivity contribution is 5.50. The summed E-state index contributed by atoms with van der Waals surface area (Å²) in [6.07, 6.45) is 3.43. The fraction of sp³-hybridized carbons (Fsp3) is 0.214. The van der Waals surface area contributed by atoms with Gasteiger partial charge in [-0.05, 0) is 31.5 Å². The minimum Gasteiger partial charge on any atom is -0.508 e. The van der Waals surface area contributed by atoms with Crippen molar-refractivity contribution in [2.75, 3.05) is 5.32 Å². The number of hydrogen-bond donors (Lipinski definition) is 2. The summed E-state index contributed by atoms with van der Waals surface area (Å²) in [6.45, 7) is 3.83. The maximum atomic E-state index is 13.7. The monoisotopic (exact) mass is 246 g/mol. The Balaban J connectivity index is 2.22. The molecule has 0 saturated heterocycles. The van der Waals surface area contributed by atoms with Gasteiger partial charge >= 0.3 is 0 Å². The third-order valence-electron chi connectivity index (χ3n) is 2.86. The maximum absolute atomic E-state index is 13.7. The van der Waals surface area contributed by atoms with Crippen LogP contribution in [0.15, 0.2) is 36.7 Å². The molecule has 4 heteroatoms. The van der Waals surface area contributed by atoms with Crippen LogP contribution in [0.2, 0.25) is 0 Å². The minimum absolute atomic E-state index is 0.0685. The molecule has 2 aromatic rings. The number of phenols is 1. The Morgan fingerprint density at radius 1 is 1.33 bits per heavy atom. The molecule has 2 N–H and O–H groups in total. The second-order valence-electron chi connectivity index (χ2n) is 4.26. The van der Waals surface area contributed by atoms with Gasteiger partial charge in [0, 0.05) is 17.8 Å². The molecule has 1 aromatic heterocycles. The predicted molar refractivity (Wildman–Crippen MR) is 69.1 cm³/mol. The molecule has 1 aromatic carbocycles. The summed E-state index contributed by atoms with van der Waals surface area (Å²) < 4.78 is 13.7. The van der Waals surface area contributed by atoms with Crippen molar-refractivity contribution in [1.82, 2.24) is 4.98 Å². The van der Waals surface area contributed by atoms with E-state index in [-0.39, 0.29) is 11.8 Å². The fourth-order valence-electron chi connectivity index (χ4n) is 1.79. The molecule has 0 radical (unpaired) electrons. The van der Waals surface area contributed by atoms with E-state index in [1.54, 1.807) is 18.5 Å². The Labute approximate surface area is 105 Å². The molecule has 3 nitrogen and oxygen atoms in total. The van der Waals surface area contributed by atoms with Gasteiger partial charge in [0.2, 0.25) is 0 Å². The zero-order chi connectivity index (χ0) is 13.1. The second kappa shape index (κ2) is 5.04. The number of nitrogens with zero attached hydrogens (tertiary/aromatic N) is 1. The quantitative estimate of drug-likeness (QED) is 0.872. The third-order valence-corrected chi connectivity index (χ3v) is 2.86. The molecule has 18 heavy (non-hydrogen) atoms. The van der Waals surface area contributed by atoms with E-state index in [0.717, 1.165) is 17.3 Å². The number of hydrogen-bond acceptors (Lipinski definition) is 3. The van der Waals surface area contributed by atoms with Crippen molar-refractivity contribution in [2.24, 2.45) is 0 Å². The summed E-state index contributed by atoms with van der Waals surface area (Å²) in [7, 11) is 0. The normalized spacial score (nSPS) is 12.2. The summed E-state index contributed by atoms with van der Waals surface area (Å²) in [5.41, 5.74) is 2.43. The van der Waals surface area contributed by atoms with Crippen LogP contribution in [0.5, 0.6) is 5.75 Å². The summed E-state index contributed by atoms with van der Waals surface area (Å²) in [5.74, 6) is -0.488. The number of halogens is 1. The van der Waals surface area contributed by atoms with Crippen LogP contribution in [0.4, 0.5) is 10.1 Å². The first-order valence-electron chi connectivity index (χ1n) is 5.73. The van der Waals surface area contributed by atoms with E-state index in [2.05, 4.69) is 10.3 Å². The average molecular weight is 246 g/mol. The van der Waals surface area contributed by atoms with Gasteiger partial charge in [0.1, 0.15) is 11.6 Å². The standard InChI is InChI=1S/C14H15FN2O/c1-9-5-6-16-8-14(9)17-10(2)12-4-3-11(18)7-13(12)15/h3-8,10,17-18H,1-2H3. The van der Waals surface area contributed by atoms with Gasteiger partial charge in [-0.1, -0.05) is 6.07 Å². The van der Waals surface area contributed by atoms with E-state index in [1.807, 2.05) is 19.9 Å². The lowest BCUT2D eigenvalue weighted by Gasteiger charge is -2.17.